The molecule has 0 unspecified atom stereocenters. The van der Waals surface area contributed by atoms with Crippen molar-refractivity contribution in [1.29, 1.82) is 0 Å². The number of carbonyl (C=O) groups is 3. The molecule has 1 N–H and O–H groups in total. The van der Waals surface area contributed by atoms with Gasteiger partial charge in [0.1, 0.15) is 18.7 Å². The average Bonchev–Trinajstić information content (AvgIpc) is 3.45. The van der Waals surface area contributed by atoms with Gasteiger partial charge in [0.15, 0.2) is 0 Å². The summed E-state index contributed by atoms with van der Waals surface area (Å²) >= 11 is 2.19. The lowest BCUT2D eigenvalue weighted by molar-refractivity contribution is -0.150. The number of halogens is 1. The number of fused-ring (bicyclic) bond motifs is 4. The van der Waals surface area contributed by atoms with Crippen LogP contribution in [-0.4, -0.2) is 58.6 Å². The number of alkyl carbamates (subject to hydrolysis) is 1. The number of rotatable bonds is 4. The maximum atomic E-state index is 13.0. The minimum atomic E-state index is -0.719. The van der Waals surface area contributed by atoms with Gasteiger partial charge in [-0.25, -0.2) is 9.59 Å². The van der Waals surface area contributed by atoms with E-state index < -0.39 is 24.1 Å². The first-order valence-electron chi connectivity index (χ1n) is 10.7. The molecule has 4 atom stereocenters. The van der Waals surface area contributed by atoms with Crippen LogP contribution in [0.2, 0.25) is 0 Å². The first kappa shape index (κ1) is 21.2. The van der Waals surface area contributed by atoms with Crippen molar-refractivity contribution in [2.45, 2.75) is 40.8 Å². The third-order valence-electron chi connectivity index (χ3n) is 6.73. The third kappa shape index (κ3) is 3.35. The standard InChI is InChI=1S/C24H23IN2O5/c1-31-23(29)19-11-10-18-20(25)21(22(28)27(18)19)26-24(30)32-12-17-15-8-4-2-6-13(15)14-7-3-5-9-16(14)17/h2-9,17-21H,10-12H2,1H3,(H,26,30)/t18-,19-,20+,21-/m0/s1. The highest BCUT2D eigenvalue weighted by atomic mass is 127. The second kappa shape index (κ2) is 8.38. The Kier molecular flexibility index (Phi) is 5.56. The first-order valence-corrected chi connectivity index (χ1v) is 11.9. The van der Waals surface area contributed by atoms with Gasteiger partial charge in [-0.2, -0.15) is 0 Å². The molecule has 1 aliphatic carbocycles. The number of hydrogen-bond acceptors (Lipinski definition) is 5. The van der Waals surface area contributed by atoms with E-state index in [-0.39, 0.29) is 28.4 Å². The van der Waals surface area contributed by atoms with Crippen LogP contribution < -0.4 is 5.32 Å². The van der Waals surface area contributed by atoms with Crippen LogP contribution in [0.25, 0.3) is 11.1 Å². The molecule has 166 valence electrons. The summed E-state index contributed by atoms with van der Waals surface area (Å²) in [6, 6.07) is 14.9. The molecule has 5 rings (SSSR count). The molecule has 0 radical (unpaired) electrons. The molecule has 2 aliphatic heterocycles. The van der Waals surface area contributed by atoms with Gasteiger partial charge in [0.05, 0.1) is 11.0 Å². The predicted octanol–water partition coefficient (Wildman–Crippen LogP) is 3.24. The second-order valence-electron chi connectivity index (χ2n) is 8.32. The zero-order valence-corrected chi connectivity index (χ0v) is 19.7. The Bertz CT molecular complexity index is 1040. The average molecular weight is 546 g/mol. The van der Waals surface area contributed by atoms with Crippen molar-refractivity contribution in [3.05, 3.63) is 59.7 Å². The van der Waals surface area contributed by atoms with E-state index in [0.29, 0.717) is 12.8 Å². The van der Waals surface area contributed by atoms with Crippen LogP contribution in [0.4, 0.5) is 4.79 Å². The van der Waals surface area contributed by atoms with E-state index in [0.717, 1.165) is 22.3 Å². The van der Waals surface area contributed by atoms with Gasteiger partial charge < -0.3 is 19.7 Å². The fourth-order valence-corrected chi connectivity index (χ4v) is 6.46. The van der Waals surface area contributed by atoms with E-state index in [9.17, 15) is 14.4 Å². The molecule has 0 saturated carbocycles. The van der Waals surface area contributed by atoms with Crippen molar-refractivity contribution in [2.24, 2.45) is 0 Å². The summed E-state index contributed by atoms with van der Waals surface area (Å²) in [7, 11) is 1.32. The smallest absolute Gasteiger partial charge is 0.407 e. The summed E-state index contributed by atoms with van der Waals surface area (Å²) in [4.78, 5) is 39.3. The van der Waals surface area contributed by atoms with Crippen LogP contribution in [0.15, 0.2) is 48.5 Å². The molecule has 32 heavy (non-hydrogen) atoms. The minimum Gasteiger partial charge on any atom is -0.467 e. The Morgan fingerprint density at radius 2 is 1.69 bits per heavy atom. The maximum Gasteiger partial charge on any atom is 0.407 e. The van der Waals surface area contributed by atoms with E-state index in [2.05, 4.69) is 52.2 Å². The first-order chi connectivity index (χ1) is 15.5. The van der Waals surface area contributed by atoms with Gasteiger partial charge in [-0.05, 0) is 35.1 Å². The molecule has 2 amide bonds. The van der Waals surface area contributed by atoms with Gasteiger partial charge in [-0.3, -0.25) is 4.79 Å². The molecule has 0 bridgehead atoms. The Morgan fingerprint density at radius 3 is 2.31 bits per heavy atom. The molecule has 0 aromatic heterocycles. The molecule has 8 heteroatoms. The minimum absolute atomic E-state index is 0.0466. The molecule has 2 saturated heterocycles. The fraction of sp³-hybridized carbons (Fsp3) is 0.375. The zero-order chi connectivity index (χ0) is 22.4. The SMILES string of the molecule is COC(=O)[C@@H]1CC[C@H]2[C@@H](I)[C@H](NC(=O)OCC3c4ccccc4-c4ccccc43)C(=O)N12. The number of benzene rings is 2. The molecule has 3 aliphatic rings. The second-order valence-corrected chi connectivity index (χ2v) is 9.76. The van der Waals surface area contributed by atoms with Crippen molar-refractivity contribution < 1.29 is 23.9 Å². The highest BCUT2D eigenvalue weighted by molar-refractivity contribution is 14.1. The summed E-state index contributed by atoms with van der Waals surface area (Å²) in [6.45, 7) is 0.185. The van der Waals surface area contributed by atoms with Crippen LogP contribution in [0.1, 0.15) is 29.9 Å². The molecule has 2 heterocycles. The molecule has 0 spiro atoms. The Morgan fingerprint density at radius 1 is 1.06 bits per heavy atom. The normalized spacial score (nSPS) is 25.8. The van der Waals surface area contributed by atoms with Gasteiger partial charge in [0.25, 0.3) is 0 Å². The number of nitrogens with zero attached hydrogens (tertiary/aromatic N) is 1. The fourth-order valence-electron chi connectivity index (χ4n) is 5.26. The Balaban J connectivity index is 1.26. The van der Waals surface area contributed by atoms with Gasteiger partial charge in [-0.1, -0.05) is 71.1 Å². The largest absolute Gasteiger partial charge is 0.467 e. The summed E-state index contributed by atoms with van der Waals surface area (Å²) in [5.41, 5.74) is 4.58. The number of hydrogen-bond donors (Lipinski definition) is 1. The summed E-state index contributed by atoms with van der Waals surface area (Å²) in [5.74, 6) is -0.711. The lowest BCUT2D eigenvalue weighted by atomic mass is 9.98. The van der Waals surface area contributed by atoms with Gasteiger partial charge in [0, 0.05) is 12.0 Å². The molecular weight excluding hydrogens is 523 g/mol. The predicted molar refractivity (Wildman–Crippen MR) is 125 cm³/mol. The summed E-state index contributed by atoms with van der Waals surface area (Å²) < 4.78 is 10.3. The van der Waals surface area contributed by atoms with Crippen LogP contribution in [-0.2, 0) is 19.1 Å². The van der Waals surface area contributed by atoms with E-state index in [1.54, 1.807) is 4.90 Å². The van der Waals surface area contributed by atoms with Crippen molar-refractivity contribution in [1.82, 2.24) is 10.2 Å². The van der Waals surface area contributed by atoms with Crippen molar-refractivity contribution in [2.75, 3.05) is 13.7 Å². The zero-order valence-electron chi connectivity index (χ0n) is 17.5. The molecule has 2 fully saturated rings. The lowest BCUT2D eigenvalue weighted by Crippen LogP contribution is -2.47. The number of esters is 1. The lowest BCUT2D eigenvalue weighted by Gasteiger charge is -2.22. The van der Waals surface area contributed by atoms with Crippen LogP contribution in [0, 0.1) is 0 Å². The number of nitrogens with one attached hydrogen (secondary N) is 1. The van der Waals surface area contributed by atoms with Crippen molar-refractivity contribution in [3.63, 3.8) is 0 Å². The van der Waals surface area contributed by atoms with Gasteiger partial charge in [0.2, 0.25) is 5.91 Å². The maximum absolute atomic E-state index is 13.0. The number of carbonyl (C=O) groups excluding carboxylic acids is 3. The number of methoxy groups -OCH3 is 1. The highest BCUT2D eigenvalue weighted by Gasteiger charge is 2.55. The van der Waals surface area contributed by atoms with Crippen LogP contribution in [0.5, 0.6) is 0 Å². The molecule has 7 nitrogen and oxygen atoms in total. The monoisotopic (exact) mass is 546 g/mol. The molecule has 2 aromatic rings. The Hall–Kier alpha value is -2.62. The van der Waals surface area contributed by atoms with E-state index in [1.165, 1.54) is 7.11 Å². The molecular formula is C24H23IN2O5. The van der Waals surface area contributed by atoms with E-state index in [1.807, 2.05) is 24.3 Å². The number of ether oxygens (including phenoxy) is 2. The quantitative estimate of drug-likeness (QED) is 0.362. The third-order valence-corrected chi connectivity index (χ3v) is 8.28. The number of alkyl halides is 1. The van der Waals surface area contributed by atoms with Gasteiger partial charge >= 0.3 is 12.1 Å². The summed E-state index contributed by atoms with van der Waals surface area (Å²) in [6.07, 6.45) is 0.671. The van der Waals surface area contributed by atoms with Gasteiger partial charge in [-0.15, -0.1) is 0 Å². The Labute approximate surface area is 199 Å². The molecule has 2 aromatic carbocycles. The van der Waals surface area contributed by atoms with Crippen molar-refractivity contribution >= 4 is 40.6 Å². The van der Waals surface area contributed by atoms with E-state index >= 15 is 0 Å². The van der Waals surface area contributed by atoms with Crippen molar-refractivity contribution in [3.8, 4) is 11.1 Å². The number of amides is 2. The van der Waals surface area contributed by atoms with Crippen LogP contribution >= 0.6 is 22.6 Å². The van der Waals surface area contributed by atoms with Crippen LogP contribution in [0.3, 0.4) is 0 Å². The topological polar surface area (TPSA) is 84.9 Å². The van der Waals surface area contributed by atoms with E-state index in [4.69, 9.17) is 9.47 Å². The summed E-state index contributed by atoms with van der Waals surface area (Å²) in [5, 5.41) is 2.74. The highest BCUT2D eigenvalue weighted by Crippen LogP contribution is 2.44.